The van der Waals surface area contributed by atoms with Gasteiger partial charge in [-0.2, -0.15) is 0 Å². The van der Waals surface area contributed by atoms with Gasteiger partial charge in [0, 0.05) is 17.2 Å². The maximum Gasteiger partial charge on any atom is 0.573 e. The van der Waals surface area contributed by atoms with E-state index in [9.17, 15) is 23.1 Å². The highest BCUT2D eigenvalue weighted by Gasteiger charge is 2.31. The number of benzene rings is 2. The highest BCUT2D eigenvalue weighted by Crippen LogP contribution is 2.27. The first-order valence-electron chi connectivity index (χ1n) is 9.38. The van der Waals surface area contributed by atoms with Crippen LogP contribution in [0.15, 0.2) is 54.6 Å². The third kappa shape index (κ3) is 6.02. The van der Waals surface area contributed by atoms with Crippen LogP contribution in [0.5, 0.6) is 5.75 Å². The van der Waals surface area contributed by atoms with Gasteiger partial charge in [0.15, 0.2) is 5.82 Å². The molecule has 0 spiro atoms. The van der Waals surface area contributed by atoms with E-state index in [1.807, 2.05) is 25.1 Å². The molecular weight excluding hydrogens is 411 g/mol. The van der Waals surface area contributed by atoms with Crippen LogP contribution in [0, 0.1) is 6.92 Å². The minimum Gasteiger partial charge on any atom is -0.406 e. The molecule has 2 N–H and O–H groups in total. The molecule has 0 saturated heterocycles. The number of carbonyl (C=O) groups excluding carboxylic acids is 1. The first kappa shape index (κ1) is 22.2. The Morgan fingerprint density at radius 2 is 1.81 bits per heavy atom. The average molecular weight is 431 g/mol. The van der Waals surface area contributed by atoms with E-state index in [-0.39, 0.29) is 18.1 Å². The molecule has 1 amide bonds. The fourth-order valence-corrected chi connectivity index (χ4v) is 2.80. The number of aryl methyl sites for hydroxylation is 1. The number of hydrogen-bond acceptors (Lipinski definition) is 5. The molecule has 1 atom stereocenters. The fourth-order valence-electron chi connectivity index (χ4n) is 2.80. The van der Waals surface area contributed by atoms with Gasteiger partial charge in [-0.25, -0.2) is 9.97 Å². The number of rotatable bonds is 6. The number of ether oxygens (including phenoxy) is 1. The first-order valence-corrected chi connectivity index (χ1v) is 9.38. The molecule has 162 valence electrons. The second kappa shape index (κ2) is 9.13. The average Bonchev–Trinajstić information content (AvgIpc) is 2.72. The molecule has 9 heteroatoms. The summed E-state index contributed by atoms with van der Waals surface area (Å²) in [5.41, 5.74) is 2.56. The number of halogens is 3. The standard InChI is InChI=1S/C22H20F3N3O3/c1-13-4-3-5-16(10-13)20-27-18(11-19(28-20)21(30)26-14(2)12-29)15-6-8-17(9-7-15)31-22(23,24)25/h3-11,14,29H,12H2,1-2H3,(H,26,30)/t14-/m0/s1. The Kier molecular flexibility index (Phi) is 6.55. The van der Waals surface area contributed by atoms with Gasteiger partial charge in [-0.1, -0.05) is 23.8 Å². The Bertz CT molecular complexity index is 1070. The Morgan fingerprint density at radius 1 is 1.10 bits per heavy atom. The predicted molar refractivity (Wildman–Crippen MR) is 108 cm³/mol. The summed E-state index contributed by atoms with van der Waals surface area (Å²) in [4.78, 5) is 21.4. The Labute approximate surface area is 176 Å². The van der Waals surface area contributed by atoms with Crippen molar-refractivity contribution in [1.82, 2.24) is 15.3 Å². The third-order valence-electron chi connectivity index (χ3n) is 4.27. The van der Waals surface area contributed by atoms with Crippen LogP contribution in [-0.4, -0.2) is 40.0 Å². The smallest absolute Gasteiger partial charge is 0.406 e. The number of aliphatic hydroxyl groups excluding tert-OH is 1. The van der Waals surface area contributed by atoms with Crippen molar-refractivity contribution in [3.05, 3.63) is 65.9 Å². The molecule has 3 rings (SSSR count). The van der Waals surface area contributed by atoms with Gasteiger partial charge in [0.2, 0.25) is 0 Å². The Morgan fingerprint density at radius 3 is 2.42 bits per heavy atom. The van der Waals surface area contributed by atoms with E-state index in [4.69, 9.17) is 0 Å². The Hall–Kier alpha value is -3.46. The number of amides is 1. The summed E-state index contributed by atoms with van der Waals surface area (Å²) >= 11 is 0. The molecule has 31 heavy (non-hydrogen) atoms. The highest BCUT2D eigenvalue weighted by atomic mass is 19.4. The normalized spacial score (nSPS) is 12.3. The molecular formula is C22H20F3N3O3. The molecule has 0 bridgehead atoms. The van der Waals surface area contributed by atoms with E-state index in [2.05, 4.69) is 20.0 Å². The van der Waals surface area contributed by atoms with Crippen LogP contribution in [0.3, 0.4) is 0 Å². The predicted octanol–water partition coefficient (Wildman–Crippen LogP) is 4.13. The zero-order valence-electron chi connectivity index (χ0n) is 16.8. The van der Waals surface area contributed by atoms with Crippen molar-refractivity contribution >= 4 is 5.91 Å². The molecule has 0 fully saturated rings. The Balaban J connectivity index is 2.03. The molecule has 0 radical (unpaired) electrons. The van der Waals surface area contributed by atoms with Gasteiger partial charge in [0.25, 0.3) is 5.91 Å². The fraction of sp³-hybridized carbons (Fsp3) is 0.227. The maximum atomic E-state index is 12.6. The largest absolute Gasteiger partial charge is 0.573 e. The van der Waals surface area contributed by atoms with Crippen LogP contribution < -0.4 is 10.1 Å². The van der Waals surface area contributed by atoms with Gasteiger partial charge in [-0.3, -0.25) is 4.79 Å². The van der Waals surface area contributed by atoms with E-state index in [1.165, 1.54) is 30.3 Å². The number of alkyl halides is 3. The van der Waals surface area contributed by atoms with E-state index >= 15 is 0 Å². The lowest BCUT2D eigenvalue weighted by molar-refractivity contribution is -0.274. The van der Waals surface area contributed by atoms with Crippen molar-refractivity contribution < 1.29 is 27.8 Å². The van der Waals surface area contributed by atoms with E-state index in [0.29, 0.717) is 22.6 Å². The molecule has 0 unspecified atom stereocenters. The third-order valence-corrected chi connectivity index (χ3v) is 4.27. The van der Waals surface area contributed by atoms with E-state index < -0.39 is 18.3 Å². The molecule has 3 aromatic rings. The molecule has 2 aromatic carbocycles. The van der Waals surface area contributed by atoms with Crippen LogP contribution in [0.4, 0.5) is 13.2 Å². The summed E-state index contributed by atoms with van der Waals surface area (Å²) in [6.45, 7) is 3.30. The lowest BCUT2D eigenvalue weighted by Crippen LogP contribution is -2.35. The number of nitrogens with zero attached hydrogens (tertiary/aromatic N) is 2. The minimum atomic E-state index is -4.79. The van der Waals surface area contributed by atoms with E-state index in [1.54, 1.807) is 13.0 Å². The minimum absolute atomic E-state index is 0.0671. The van der Waals surface area contributed by atoms with Gasteiger partial charge in [-0.15, -0.1) is 13.2 Å². The summed E-state index contributed by atoms with van der Waals surface area (Å²) in [7, 11) is 0. The monoisotopic (exact) mass is 431 g/mol. The molecule has 0 aliphatic heterocycles. The van der Waals surface area contributed by atoms with Gasteiger partial charge in [0.1, 0.15) is 11.4 Å². The summed E-state index contributed by atoms with van der Waals surface area (Å²) in [6, 6.07) is 13.5. The van der Waals surface area contributed by atoms with Crippen LogP contribution in [0.2, 0.25) is 0 Å². The number of aliphatic hydroxyl groups is 1. The van der Waals surface area contributed by atoms with Gasteiger partial charge in [-0.05, 0) is 50.2 Å². The lowest BCUT2D eigenvalue weighted by atomic mass is 10.1. The zero-order chi connectivity index (χ0) is 22.6. The molecule has 0 saturated carbocycles. The van der Waals surface area contributed by atoms with Crippen molar-refractivity contribution in [2.24, 2.45) is 0 Å². The maximum absolute atomic E-state index is 12.6. The highest BCUT2D eigenvalue weighted by molar-refractivity contribution is 5.94. The van der Waals surface area contributed by atoms with Crippen LogP contribution >= 0.6 is 0 Å². The zero-order valence-corrected chi connectivity index (χ0v) is 16.8. The SMILES string of the molecule is Cc1cccc(-c2nc(C(=O)N[C@@H](C)CO)cc(-c3ccc(OC(F)(F)F)cc3)n2)c1. The lowest BCUT2D eigenvalue weighted by Gasteiger charge is -2.13. The second-order valence-electron chi connectivity index (χ2n) is 6.96. The van der Waals surface area contributed by atoms with Crippen LogP contribution in [-0.2, 0) is 0 Å². The van der Waals surface area contributed by atoms with Gasteiger partial charge in [0.05, 0.1) is 12.3 Å². The second-order valence-corrected chi connectivity index (χ2v) is 6.96. The molecule has 1 heterocycles. The summed E-state index contributed by atoms with van der Waals surface area (Å²) in [5.74, 6) is -0.575. The first-order chi connectivity index (χ1) is 14.6. The number of carbonyl (C=O) groups is 1. The van der Waals surface area contributed by atoms with Gasteiger partial charge >= 0.3 is 6.36 Å². The van der Waals surface area contributed by atoms with Crippen LogP contribution in [0.1, 0.15) is 23.0 Å². The summed E-state index contributed by atoms with van der Waals surface area (Å²) in [6.07, 6.45) is -4.79. The van der Waals surface area contributed by atoms with Gasteiger partial charge < -0.3 is 15.2 Å². The van der Waals surface area contributed by atoms with Crippen molar-refractivity contribution in [3.63, 3.8) is 0 Å². The summed E-state index contributed by atoms with van der Waals surface area (Å²) in [5, 5.41) is 11.8. The molecule has 1 aromatic heterocycles. The topological polar surface area (TPSA) is 84.3 Å². The van der Waals surface area contributed by atoms with Crippen molar-refractivity contribution in [1.29, 1.82) is 0 Å². The number of hydrogen-bond donors (Lipinski definition) is 2. The van der Waals surface area contributed by atoms with Crippen molar-refractivity contribution in [3.8, 4) is 28.4 Å². The number of nitrogens with one attached hydrogen (secondary N) is 1. The number of aromatic nitrogens is 2. The van der Waals surface area contributed by atoms with E-state index in [0.717, 1.165) is 5.56 Å². The molecule has 6 nitrogen and oxygen atoms in total. The molecule has 0 aliphatic rings. The summed E-state index contributed by atoms with van der Waals surface area (Å²) < 4.78 is 41.1. The van der Waals surface area contributed by atoms with Crippen molar-refractivity contribution in [2.75, 3.05) is 6.61 Å². The van der Waals surface area contributed by atoms with Crippen molar-refractivity contribution in [2.45, 2.75) is 26.3 Å². The quantitative estimate of drug-likeness (QED) is 0.613. The van der Waals surface area contributed by atoms with Crippen LogP contribution in [0.25, 0.3) is 22.6 Å². The molecule has 0 aliphatic carbocycles.